The quantitative estimate of drug-likeness (QED) is 0.291. The van der Waals surface area contributed by atoms with Crippen LogP contribution < -0.4 is 5.32 Å². The minimum absolute atomic E-state index is 0.285. The highest BCUT2D eigenvalue weighted by Gasteiger charge is 2.19. The molecular weight excluding hydrogens is 318 g/mol. The van der Waals surface area contributed by atoms with Crippen molar-refractivity contribution in [3.05, 3.63) is 23.6 Å². The summed E-state index contributed by atoms with van der Waals surface area (Å²) in [4.78, 5) is 29.6. The molecule has 1 N–H and O–H groups in total. The van der Waals surface area contributed by atoms with Crippen molar-refractivity contribution in [3.8, 4) is 0 Å². The van der Waals surface area contributed by atoms with E-state index in [1.165, 1.54) is 12.8 Å². The number of nitrogens with one attached hydrogen (secondary N) is 1. The predicted octanol–water partition coefficient (Wildman–Crippen LogP) is 3.31. The highest BCUT2D eigenvalue weighted by Crippen LogP contribution is 2.27. The van der Waals surface area contributed by atoms with E-state index in [2.05, 4.69) is 29.3 Å². The van der Waals surface area contributed by atoms with Gasteiger partial charge in [-0.2, -0.15) is 0 Å². The van der Waals surface area contributed by atoms with E-state index in [1.54, 1.807) is 6.07 Å². The topological polar surface area (TPSA) is 75.4 Å². The normalized spacial score (nSPS) is 11.2. The zero-order chi connectivity index (χ0) is 18.2. The average molecular weight is 345 g/mol. The van der Waals surface area contributed by atoms with Gasteiger partial charge < -0.3 is 14.6 Å². The van der Waals surface area contributed by atoms with Crippen molar-refractivity contribution in [1.82, 2.24) is 9.88 Å². The fourth-order valence-electron chi connectivity index (χ4n) is 2.77. The first-order valence-corrected chi connectivity index (χ1v) is 8.87. The molecule has 2 aromatic rings. The summed E-state index contributed by atoms with van der Waals surface area (Å²) in [6, 6.07) is 3.62. The standard InChI is InChI=1S/C19H27N3O3/c1-4-17-21-15-10-9-14(18(16(24)13-23)19(15)25-17)20-11-7-5-6-8-12-22(2)3/h9-10,13,20H,4-8,11-12H2,1-3H3. The molecule has 136 valence electrons. The Bertz CT molecular complexity index is 722. The van der Waals surface area contributed by atoms with Crippen LogP contribution in [-0.2, 0) is 11.2 Å². The third-order valence-corrected chi connectivity index (χ3v) is 4.11. The molecule has 2 rings (SSSR count). The van der Waals surface area contributed by atoms with E-state index in [9.17, 15) is 9.59 Å². The number of rotatable bonds is 11. The SMILES string of the molecule is CCc1nc2ccc(NCCCCCCN(C)C)c(C(=O)C=O)c2o1. The number of ketones is 1. The fraction of sp³-hybridized carbons (Fsp3) is 0.526. The van der Waals surface area contributed by atoms with Gasteiger partial charge in [0.05, 0.1) is 5.56 Å². The van der Waals surface area contributed by atoms with Crippen molar-refractivity contribution >= 4 is 28.9 Å². The summed E-state index contributed by atoms with van der Waals surface area (Å²) >= 11 is 0. The Morgan fingerprint density at radius 1 is 1.24 bits per heavy atom. The number of nitrogens with zero attached hydrogens (tertiary/aromatic N) is 2. The van der Waals surface area contributed by atoms with E-state index in [0.29, 0.717) is 35.4 Å². The zero-order valence-electron chi connectivity index (χ0n) is 15.3. The lowest BCUT2D eigenvalue weighted by atomic mass is 10.1. The average Bonchev–Trinajstić information content (AvgIpc) is 3.02. The number of benzene rings is 1. The third kappa shape index (κ3) is 5.13. The molecule has 0 aliphatic rings. The molecule has 0 amide bonds. The van der Waals surface area contributed by atoms with Gasteiger partial charge in [0, 0.05) is 18.7 Å². The lowest BCUT2D eigenvalue weighted by Crippen LogP contribution is -2.13. The maximum absolute atomic E-state index is 12.1. The number of aryl methyl sites for hydroxylation is 1. The first-order chi connectivity index (χ1) is 12.1. The first-order valence-electron chi connectivity index (χ1n) is 8.87. The second-order valence-corrected chi connectivity index (χ2v) is 6.42. The number of aromatic nitrogens is 1. The summed E-state index contributed by atoms with van der Waals surface area (Å²) in [7, 11) is 4.16. The Balaban J connectivity index is 2.02. The van der Waals surface area contributed by atoms with Crippen molar-refractivity contribution < 1.29 is 14.0 Å². The minimum atomic E-state index is -0.585. The van der Waals surface area contributed by atoms with Gasteiger partial charge in [-0.15, -0.1) is 0 Å². The Morgan fingerprint density at radius 2 is 2.00 bits per heavy atom. The highest BCUT2D eigenvalue weighted by atomic mass is 16.3. The van der Waals surface area contributed by atoms with Crippen LogP contribution in [0.3, 0.4) is 0 Å². The van der Waals surface area contributed by atoms with Crippen molar-refractivity contribution in [1.29, 1.82) is 0 Å². The van der Waals surface area contributed by atoms with Gasteiger partial charge in [0.1, 0.15) is 5.52 Å². The summed E-state index contributed by atoms with van der Waals surface area (Å²) in [5.74, 6) is -0.0223. The molecule has 0 bridgehead atoms. The summed E-state index contributed by atoms with van der Waals surface area (Å²) in [6.07, 6.45) is 5.47. The smallest absolute Gasteiger partial charge is 0.231 e. The van der Waals surface area contributed by atoms with Crippen molar-refractivity contribution in [2.24, 2.45) is 0 Å². The van der Waals surface area contributed by atoms with E-state index in [0.717, 1.165) is 25.9 Å². The molecule has 1 aromatic heterocycles. The van der Waals surface area contributed by atoms with Gasteiger partial charge in [-0.1, -0.05) is 19.8 Å². The summed E-state index contributed by atoms with van der Waals surface area (Å²) in [6.45, 7) is 3.79. The number of Topliss-reactive ketones (excluding diaryl/α,β-unsaturated/α-hetero) is 1. The molecule has 6 nitrogen and oxygen atoms in total. The second-order valence-electron chi connectivity index (χ2n) is 6.42. The largest absolute Gasteiger partial charge is 0.440 e. The van der Waals surface area contributed by atoms with Crippen molar-refractivity contribution in [2.45, 2.75) is 39.0 Å². The molecule has 0 spiro atoms. The summed E-state index contributed by atoms with van der Waals surface area (Å²) in [5, 5.41) is 3.27. The van der Waals surface area contributed by atoms with Crippen LogP contribution in [0.25, 0.3) is 11.1 Å². The number of unbranched alkanes of at least 4 members (excludes halogenated alkanes) is 3. The van der Waals surface area contributed by atoms with Gasteiger partial charge in [-0.3, -0.25) is 9.59 Å². The molecule has 1 aromatic carbocycles. The van der Waals surface area contributed by atoms with E-state index >= 15 is 0 Å². The molecule has 0 aliphatic carbocycles. The predicted molar refractivity (Wildman–Crippen MR) is 99.3 cm³/mol. The zero-order valence-corrected chi connectivity index (χ0v) is 15.3. The van der Waals surface area contributed by atoms with Crippen LogP contribution in [0.4, 0.5) is 5.69 Å². The van der Waals surface area contributed by atoms with Gasteiger partial charge >= 0.3 is 0 Å². The van der Waals surface area contributed by atoms with Gasteiger partial charge in [0.2, 0.25) is 5.78 Å². The van der Waals surface area contributed by atoms with Crippen LogP contribution in [0.2, 0.25) is 0 Å². The maximum atomic E-state index is 12.1. The van der Waals surface area contributed by atoms with Crippen molar-refractivity contribution in [2.75, 3.05) is 32.5 Å². The number of carbonyl (C=O) groups excluding carboxylic acids is 2. The number of anilines is 1. The minimum Gasteiger partial charge on any atom is -0.440 e. The molecule has 6 heteroatoms. The van der Waals surface area contributed by atoms with E-state index in [-0.39, 0.29) is 5.56 Å². The lowest BCUT2D eigenvalue weighted by molar-refractivity contribution is -0.104. The number of hydrogen-bond acceptors (Lipinski definition) is 6. The van der Waals surface area contributed by atoms with E-state index < -0.39 is 5.78 Å². The second kappa shape index (κ2) is 9.32. The number of oxazole rings is 1. The molecule has 0 saturated heterocycles. The van der Waals surface area contributed by atoms with Gasteiger partial charge in [0.15, 0.2) is 17.8 Å². The highest BCUT2D eigenvalue weighted by molar-refractivity contribution is 6.37. The molecule has 25 heavy (non-hydrogen) atoms. The number of carbonyl (C=O) groups is 2. The van der Waals surface area contributed by atoms with Gasteiger partial charge in [-0.05, 0) is 45.6 Å². The van der Waals surface area contributed by atoms with Crippen LogP contribution in [0, 0.1) is 0 Å². The third-order valence-electron chi connectivity index (χ3n) is 4.11. The van der Waals surface area contributed by atoms with Gasteiger partial charge in [0.25, 0.3) is 0 Å². The Labute approximate surface area is 148 Å². The number of hydrogen-bond donors (Lipinski definition) is 1. The Morgan fingerprint density at radius 3 is 2.68 bits per heavy atom. The van der Waals surface area contributed by atoms with E-state index in [1.807, 2.05) is 13.0 Å². The molecule has 0 radical (unpaired) electrons. The van der Waals surface area contributed by atoms with Crippen LogP contribution in [0.5, 0.6) is 0 Å². The maximum Gasteiger partial charge on any atom is 0.231 e. The number of aldehydes is 1. The molecule has 0 atom stereocenters. The lowest BCUT2D eigenvalue weighted by Gasteiger charge is -2.11. The Kier molecular flexibility index (Phi) is 7.13. The monoisotopic (exact) mass is 345 g/mol. The molecule has 0 saturated carbocycles. The van der Waals surface area contributed by atoms with E-state index in [4.69, 9.17) is 4.42 Å². The van der Waals surface area contributed by atoms with Crippen LogP contribution in [0.15, 0.2) is 16.5 Å². The van der Waals surface area contributed by atoms with Crippen molar-refractivity contribution in [3.63, 3.8) is 0 Å². The summed E-state index contributed by atoms with van der Waals surface area (Å²) < 4.78 is 5.66. The van der Waals surface area contributed by atoms with Crippen LogP contribution in [-0.4, -0.2) is 49.1 Å². The fourth-order valence-corrected chi connectivity index (χ4v) is 2.77. The van der Waals surface area contributed by atoms with Gasteiger partial charge in [-0.25, -0.2) is 4.98 Å². The van der Waals surface area contributed by atoms with Crippen LogP contribution >= 0.6 is 0 Å². The molecular formula is C19H27N3O3. The Hall–Kier alpha value is -2.21. The number of fused-ring (bicyclic) bond motifs is 1. The molecule has 0 fully saturated rings. The van der Waals surface area contributed by atoms with Crippen LogP contribution in [0.1, 0.15) is 48.9 Å². The molecule has 1 heterocycles. The summed E-state index contributed by atoms with van der Waals surface area (Å²) in [5.41, 5.74) is 1.92. The first kappa shape index (κ1) is 19.1. The molecule has 0 unspecified atom stereocenters. The molecule has 0 aliphatic heterocycles.